The molecular formula is C23H39FN2O3S. The number of piperidine rings is 1. The van der Waals surface area contributed by atoms with Crippen LogP contribution >= 0.6 is 0 Å². The molecule has 0 unspecified atom stereocenters. The number of benzene rings is 1. The summed E-state index contributed by atoms with van der Waals surface area (Å²) in [7, 11) is -3.58. The van der Waals surface area contributed by atoms with Gasteiger partial charge in [0.25, 0.3) is 0 Å². The number of nitrogens with one attached hydrogen (secondary N) is 1. The van der Waals surface area contributed by atoms with Gasteiger partial charge in [-0.25, -0.2) is 12.8 Å². The van der Waals surface area contributed by atoms with Crippen molar-refractivity contribution in [3.63, 3.8) is 0 Å². The van der Waals surface area contributed by atoms with Crippen LogP contribution in [0.15, 0.2) is 29.2 Å². The van der Waals surface area contributed by atoms with Crippen LogP contribution in [0.3, 0.4) is 0 Å². The maximum Gasteiger partial charge on any atom is 0.243 e. The highest BCUT2D eigenvalue weighted by Crippen LogP contribution is 2.25. The summed E-state index contributed by atoms with van der Waals surface area (Å²) in [6, 6.07) is 4.97. The van der Waals surface area contributed by atoms with Crippen LogP contribution in [0.1, 0.15) is 72.6 Å². The van der Waals surface area contributed by atoms with Crippen LogP contribution in [0.4, 0.5) is 4.39 Å². The zero-order valence-electron chi connectivity index (χ0n) is 16.4. The van der Waals surface area contributed by atoms with Crippen LogP contribution in [0.2, 0.25) is 0 Å². The molecule has 3 rings (SSSR count). The molecule has 2 fully saturated rings. The van der Waals surface area contributed by atoms with E-state index in [0.29, 0.717) is 25.6 Å². The van der Waals surface area contributed by atoms with Crippen LogP contribution < -0.4 is 5.32 Å². The highest BCUT2D eigenvalue weighted by molar-refractivity contribution is 7.89. The molecule has 0 radical (unpaired) electrons. The predicted octanol–water partition coefficient (Wildman–Crippen LogP) is 4.98. The topological polar surface area (TPSA) is 66.5 Å². The molecule has 1 aromatic carbocycles. The van der Waals surface area contributed by atoms with Gasteiger partial charge < -0.3 is 5.32 Å². The van der Waals surface area contributed by atoms with Gasteiger partial charge in [0.1, 0.15) is 5.82 Å². The number of hydrogen-bond donors (Lipinski definition) is 1. The molecular weight excluding hydrogens is 403 g/mol. The van der Waals surface area contributed by atoms with Crippen molar-refractivity contribution in [3.8, 4) is 0 Å². The van der Waals surface area contributed by atoms with E-state index in [2.05, 4.69) is 5.32 Å². The molecule has 5 nitrogen and oxygen atoms in total. The summed E-state index contributed by atoms with van der Waals surface area (Å²) < 4.78 is 39.9. The molecule has 1 aliphatic heterocycles. The van der Waals surface area contributed by atoms with Gasteiger partial charge in [-0.1, -0.05) is 47.0 Å². The lowest BCUT2D eigenvalue weighted by molar-refractivity contribution is -0.125. The number of rotatable bonds is 5. The van der Waals surface area contributed by atoms with E-state index < -0.39 is 15.8 Å². The van der Waals surface area contributed by atoms with Crippen molar-refractivity contribution in [2.24, 2.45) is 11.8 Å². The van der Waals surface area contributed by atoms with E-state index in [-0.39, 0.29) is 31.6 Å². The van der Waals surface area contributed by atoms with E-state index in [1.54, 1.807) is 0 Å². The third kappa shape index (κ3) is 7.05. The van der Waals surface area contributed by atoms with E-state index in [9.17, 15) is 17.6 Å². The van der Waals surface area contributed by atoms with Gasteiger partial charge in [0, 0.05) is 25.6 Å². The first kappa shape index (κ1) is 26.6. The summed E-state index contributed by atoms with van der Waals surface area (Å²) in [4.78, 5) is 12.6. The molecule has 1 saturated heterocycles. The number of nitrogens with zero attached hydrogens (tertiary/aromatic N) is 1. The largest absolute Gasteiger partial charge is 0.356 e. The normalized spacial score (nSPS) is 19.6. The standard InChI is InChI=1S/C21H31FN2O3S.2CH4/c22-19-8-10-20(11-9-19)28(26,27)24-14-12-17(13-15-24)16-23-21(25)18-6-4-2-1-3-5-7-18;;/h8-11,17-18H,1-7,12-16H2,(H,23,25);2*1H4. The average molecular weight is 443 g/mol. The van der Waals surface area contributed by atoms with Crippen molar-refractivity contribution >= 4 is 15.9 Å². The summed E-state index contributed by atoms with van der Waals surface area (Å²) in [6.45, 7) is 1.49. The highest BCUT2D eigenvalue weighted by atomic mass is 32.2. The first-order valence-electron chi connectivity index (χ1n) is 10.5. The lowest BCUT2D eigenvalue weighted by Crippen LogP contribution is -2.42. The molecule has 7 heteroatoms. The Kier molecular flexibility index (Phi) is 11.0. The van der Waals surface area contributed by atoms with Crippen molar-refractivity contribution in [2.75, 3.05) is 19.6 Å². The molecule has 0 spiro atoms. The number of hydrogen-bond acceptors (Lipinski definition) is 3. The smallest absolute Gasteiger partial charge is 0.243 e. The zero-order chi connectivity index (χ0) is 20.0. The molecule has 0 atom stereocenters. The number of sulfonamides is 1. The van der Waals surface area contributed by atoms with Crippen molar-refractivity contribution in [2.45, 2.75) is 77.5 Å². The van der Waals surface area contributed by atoms with Gasteiger partial charge in [0.05, 0.1) is 4.90 Å². The Morgan fingerprint density at radius 3 is 2.03 bits per heavy atom. The maximum atomic E-state index is 13.1. The van der Waals surface area contributed by atoms with Crippen molar-refractivity contribution < 1.29 is 17.6 Å². The zero-order valence-corrected chi connectivity index (χ0v) is 17.2. The second kappa shape index (κ2) is 12.4. The maximum absolute atomic E-state index is 13.1. The Balaban J connectivity index is 0.00000225. The number of amides is 1. The second-order valence-corrected chi connectivity index (χ2v) is 10.0. The Morgan fingerprint density at radius 1 is 0.933 bits per heavy atom. The SMILES string of the molecule is C.C.O=C(NCC1CCN(S(=O)(=O)c2ccc(F)cc2)CC1)C1CCCCCCC1. The minimum absolute atomic E-state index is 0. The van der Waals surface area contributed by atoms with Crippen molar-refractivity contribution in [1.82, 2.24) is 9.62 Å². The Labute approximate surface area is 182 Å². The van der Waals surface area contributed by atoms with Crippen LogP contribution in [0.25, 0.3) is 0 Å². The lowest BCUT2D eigenvalue weighted by Gasteiger charge is -2.31. The Morgan fingerprint density at radius 2 is 1.47 bits per heavy atom. The van der Waals surface area contributed by atoms with E-state index in [0.717, 1.165) is 38.5 Å². The molecule has 1 heterocycles. The summed E-state index contributed by atoms with van der Waals surface area (Å²) in [5.74, 6) is 0.164. The van der Waals surface area contributed by atoms with E-state index >= 15 is 0 Å². The van der Waals surface area contributed by atoms with Gasteiger partial charge >= 0.3 is 0 Å². The molecule has 1 aliphatic carbocycles. The van der Waals surface area contributed by atoms with Crippen LogP contribution in [0, 0.1) is 17.7 Å². The third-order valence-corrected chi connectivity index (χ3v) is 7.98. The van der Waals surface area contributed by atoms with E-state index in [1.165, 1.54) is 47.8 Å². The minimum Gasteiger partial charge on any atom is -0.356 e. The number of halogens is 1. The fourth-order valence-electron chi connectivity index (χ4n) is 4.22. The first-order valence-corrected chi connectivity index (χ1v) is 11.9. The van der Waals surface area contributed by atoms with Crippen LogP contribution in [0.5, 0.6) is 0 Å². The summed E-state index contributed by atoms with van der Waals surface area (Å²) in [6.07, 6.45) is 9.44. The lowest BCUT2D eigenvalue weighted by atomic mass is 9.90. The van der Waals surface area contributed by atoms with Gasteiger partial charge in [0.2, 0.25) is 15.9 Å². The minimum atomic E-state index is -3.58. The Bertz CT molecular complexity index is 736. The van der Waals surface area contributed by atoms with Crippen molar-refractivity contribution in [1.29, 1.82) is 0 Å². The van der Waals surface area contributed by atoms with Crippen LogP contribution in [-0.2, 0) is 14.8 Å². The molecule has 1 saturated carbocycles. The van der Waals surface area contributed by atoms with Gasteiger partial charge in [0.15, 0.2) is 0 Å². The monoisotopic (exact) mass is 442 g/mol. The fraction of sp³-hybridized carbons (Fsp3) is 0.696. The fourth-order valence-corrected chi connectivity index (χ4v) is 5.69. The predicted molar refractivity (Wildman–Crippen MR) is 120 cm³/mol. The third-order valence-electron chi connectivity index (χ3n) is 6.07. The van der Waals surface area contributed by atoms with Crippen LogP contribution in [-0.4, -0.2) is 38.3 Å². The van der Waals surface area contributed by atoms with Gasteiger partial charge in [-0.15, -0.1) is 0 Å². The number of carbonyl (C=O) groups is 1. The highest BCUT2D eigenvalue weighted by Gasteiger charge is 2.30. The summed E-state index contributed by atoms with van der Waals surface area (Å²) in [5.41, 5.74) is 0. The number of carbonyl (C=O) groups excluding carboxylic acids is 1. The molecule has 0 bridgehead atoms. The summed E-state index contributed by atoms with van der Waals surface area (Å²) in [5, 5.41) is 3.11. The first-order chi connectivity index (χ1) is 13.5. The summed E-state index contributed by atoms with van der Waals surface area (Å²) >= 11 is 0. The van der Waals surface area contributed by atoms with E-state index in [4.69, 9.17) is 0 Å². The molecule has 2 aliphatic rings. The van der Waals surface area contributed by atoms with Crippen molar-refractivity contribution in [3.05, 3.63) is 30.1 Å². The van der Waals surface area contributed by atoms with Gasteiger partial charge in [-0.05, 0) is 55.9 Å². The Hall–Kier alpha value is -1.47. The van der Waals surface area contributed by atoms with E-state index in [1.807, 2.05) is 0 Å². The molecule has 1 aromatic rings. The molecule has 172 valence electrons. The quantitative estimate of drug-likeness (QED) is 0.700. The second-order valence-electron chi connectivity index (χ2n) is 8.09. The van der Waals surface area contributed by atoms with Gasteiger partial charge in [-0.2, -0.15) is 4.31 Å². The molecule has 30 heavy (non-hydrogen) atoms. The molecule has 0 aromatic heterocycles. The molecule has 1 amide bonds. The van der Waals surface area contributed by atoms with Gasteiger partial charge in [-0.3, -0.25) is 4.79 Å². The average Bonchev–Trinajstić information content (AvgIpc) is 2.66. The molecule has 1 N–H and O–H groups in total.